The lowest BCUT2D eigenvalue weighted by Gasteiger charge is -1.90. The molecule has 0 aromatic heterocycles. The van der Waals surface area contributed by atoms with Crippen LogP contribution in [0.4, 0.5) is 0 Å². The highest BCUT2D eigenvalue weighted by Crippen LogP contribution is 2.00. The molecule has 11 heavy (non-hydrogen) atoms. The topological polar surface area (TPSA) is 17.1 Å². The van der Waals surface area contributed by atoms with Crippen LogP contribution in [0, 0.1) is 13.8 Å². The number of hydrogen-bond acceptors (Lipinski definition) is 1. The molecule has 0 heterocycles. The van der Waals surface area contributed by atoms with E-state index in [1.165, 1.54) is 11.1 Å². The molecule has 0 aliphatic carbocycles. The predicted molar refractivity (Wildman–Crippen MR) is 48.5 cm³/mol. The van der Waals surface area contributed by atoms with Gasteiger partial charge in [-0.2, -0.15) is 0 Å². The Morgan fingerprint density at radius 2 is 1.64 bits per heavy atom. The molecule has 1 aromatic rings. The summed E-state index contributed by atoms with van der Waals surface area (Å²) in [6.45, 7) is 4.21. The van der Waals surface area contributed by atoms with E-state index in [4.69, 9.17) is 4.79 Å². The van der Waals surface area contributed by atoms with Gasteiger partial charge in [0.25, 0.3) is 0 Å². The number of halogens is 1. The summed E-state index contributed by atoms with van der Waals surface area (Å²) >= 11 is 4.32. The largest absolute Gasteiger partial charge is 0.285 e. The van der Waals surface area contributed by atoms with Crippen molar-refractivity contribution in [1.82, 2.24) is 0 Å². The molecule has 0 spiro atoms. The summed E-state index contributed by atoms with van der Waals surface area (Å²) < 4.78 is 0. The molecule has 1 nitrogen and oxygen atoms in total. The van der Waals surface area contributed by atoms with E-state index >= 15 is 0 Å². The zero-order valence-electron chi connectivity index (χ0n) is 6.67. The van der Waals surface area contributed by atoms with E-state index in [0.717, 1.165) is 0 Å². The third-order valence-corrected chi connectivity index (χ3v) is 1.17. The van der Waals surface area contributed by atoms with E-state index in [0.29, 0.717) is 0 Å². The lowest BCUT2D eigenvalue weighted by atomic mass is 10.2. The molecule has 60 valence electrons. The molecule has 0 radical (unpaired) electrons. The van der Waals surface area contributed by atoms with Gasteiger partial charge in [-0.1, -0.05) is 35.4 Å². The Morgan fingerprint density at radius 3 is 1.82 bits per heavy atom. The van der Waals surface area contributed by atoms with E-state index < -0.39 is 0 Å². The van der Waals surface area contributed by atoms with Crippen molar-refractivity contribution < 1.29 is 4.79 Å². The fourth-order valence-electron chi connectivity index (χ4n) is 0.807. The van der Waals surface area contributed by atoms with Crippen molar-refractivity contribution in [2.75, 3.05) is 0 Å². The Morgan fingerprint density at radius 1 is 1.27 bits per heavy atom. The molecule has 0 fully saturated rings. The molecule has 0 amide bonds. The molecule has 0 saturated heterocycles. The smallest absolute Gasteiger partial charge is 0.208 e. The molecule has 0 aliphatic heterocycles. The van der Waals surface area contributed by atoms with Crippen molar-refractivity contribution in [1.29, 1.82) is 0 Å². The van der Waals surface area contributed by atoms with Crippen LogP contribution in [0.3, 0.4) is 0 Å². The zero-order chi connectivity index (χ0) is 8.69. The predicted octanol–water partition coefficient (Wildman–Crippen LogP) is 2.72. The molecule has 0 aliphatic rings. The quantitative estimate of drug-likeness (QED) is 0.432. The van der Waals surface area contributed by atoms with Gasteiger partial charge < -0.3 is 0 Å². The first-order valence-electron chi connectivity index (χ1n) is 3.28. The van der Waals surface area contributed by atoms with Gasteiger partial charge in [0, 0.05) is 0 Å². The summed E-state index contributed by atoms with van der Waals surface area (Å²) in [6, 6.07) is 8.45. The van der Waals surface area contributed by atoms with Crippen LogP contribution in [-0.2, 0) is 4.79 Å². The van der Waals surface area contributed by atoms with Crippen LogP contribution >= 0.6 is 11.6 Å². The minimum atomic E-state index is 0.222. The van der Waals surface area contributed by atoms with Gasteiger partial charge in [0.15, 0.2) is 0 Å². The number of aryl methyl sites for hydroxylation is 2. The summed E-state index contributed by atoms with van der Waals surface area (Å²) in [4.78, 5) is 8.57. The molecule has 0 bridgehead atoms. The number of carbonyl (C=O) groups is 1. The van der Waals surface area contributed by atoms with Crippen LogP contribution in [0.5, 0.6) is 0 Å². The summed E-state index contributed by atoms with van der Waals surface area (Å²) in [7, 11) is 0. The average molecular weight is 171 g/mol. The van der Waals surface area contributed by atoms with Crippen molar-refractivity contribution in [3.8, 4) is 0 Å². The summed E-state index contributed by atoms with van der Waals surface area (Å²) in [5, 5.41) is 0. The van der Waals surface area contributed by atoms with Gasteiger partial charge in [-0.25, -0.2) is 0 Å². The normalized spacial score (nSPS) is 7.91. The second-order valence-electron chi connectivity index (χ2n) is 2.25. The van der Waals surface area contributed by atoms with Gasteiger partial charge in [0.1, 0.15) is 0 Å². The van der Waals surface area contributed by atoms with Crippen molar-refractivity contribution in [3.63, 3.8) is 0 Å². The van der Waals surface area contributed by atoms with Crippen LogP contribution in [0.25, 0.3) is 0 Å². The van der Waals surface area contributed by atoms with Crippen LogP contribution < -0.4 is 0 Å². The molecule has 0 saturated carbocycles. The van der Waals surface area contributed by atoms with Crippen molar-refractivity contribution in [3.05, 3.63) is 35.4 Å². The monoisotopic (exact) mass is 170 g/mol. The Labute approximate surface area is 72.0 Å². The summed E-state index contributed by atoms with van der Waals surface area (Å²) in [6.07, 6.45) is 0. The average Bonchev–Trinajstić information content (AvgIpc) is 1.88. The highest BCUT2D eigenvalue weighted by molar-refractivity contribution is 6.54. The maximum atomic E-state index is 8.57. The lowest BCUT2D eigenvalue weighted by molar-refractivity contribution is 0.569. The number of rotatable bonds is 0. The maximum Gasteiger partial charge on any atom is 0.208 e. The third-order valence-electron chi connectivity index (χ3n) is 1.17. The van der Waals surface area contributed by atoms with Gasteiger partial charge in [0.2, 0.25) is 5.75 Å². The van der Waals surface area contributed by atoms with Gasteiger partial charge in [0.05, 0.1) is 0 Å². The first-order chi connectivity index (χ1) is 5.20. The Bertz CT molecular complexity index is 203. The van der Waals surface area contributed by atoms with Crippen molar-refractivity contribution >= 4 is 17.3 Å². The molecule has 2 heteroatoms. The first-order valence-corrected chi connectivity index (χ1v) is 3.71. The van der Waals surface area contributed by atoms with E-state index in [-0.39, 0.29) is 5.75 Å². The van der Waals surface area contributed by atoms with Crippen LogP contribution in [0.15, 0.2) is 24.3 Å². The Kier molecular flexibility index (Phi) is 5.49. The highest BCUT2D eigenvalue weighted by Gasteiger charge is 1.80. The van der Waals surface area contributed by atoms with Crippen LogP contribution in [0.1, 0.15) is 11.1 Å². The van der Waals surface area contributed by atoms with Crippen LogP contribution in [0.2, 0.25) is 0 Å². The minimum Gasteiger partial charge on any atom is -0.285 e. The number of hydrogen-bond donors (Lipinski definition) is 0. The van der Waals surface area contributed by atoms with E-state index in [2.05, 4.69) is 49.7 Å². The Hall–Kier alpha value is -0.820. The maximum absolute atomic E-state index is 8.57. The zero-order valence-corrected chi connectivity index (χ0v) is 7.43. The minimum absolute atomic E-state index is 0.222. The highest BCUT2D eigenvalue weighted by atomic mass is 35.5. The number of benzene rings is 1. The van der Waals surface area contributed by atoms with Gasteiger partial charge in [-0.15, -0.1) is 0 Å². The SMILES string of the molecule is Cc1cccc(C)c1.O=CCl. The molecule has 0 atom stereocenters. The van der Waals surface area contributed by atoms with E-state index in [9.17, 15) is 0 Å². The Balaban J connectivity index is 0.000000292. The second-order valence-corrected chi connectivity index (χ2v) is 2.43. The molecule has 1 rings (SSSR count). The number of carbonyl (C=O) groups excluding carboxylic acids is 1. The lowest BCUT2D eigenvalue weighted by Crippen LogP contribution is -1.71. The fraction of sp³-hybridized carbons (Fsp3) is 0.222. The molecule has 1 aromatic carbocycles. The first kappa shape index (κ1) is 10.2. The summed E-state index contributed by atoms with van der Waals surface area (Å²) in [5.41, 5.74) is 2.68. The fourth-order valence-corrected chi connectivity index (χ4v) is 0.807. The van der Waals surface area contributed by atoms with E-state index in [1.807, 2.05) is 0 Å². The van der Waals surface area contributed by atoms with Crippen molar-refractivity contribution in [2.45, 2.75) is 13.8 Å². The van der Waals surface area contributed by atoms with Crippen LogP contribution in [-0.4, -0.2) is 5.75 Å². The van der Waals surface area contributed by atoms with Gasteiger partial charge in [-0.3, -0.25) is 4.79 Å². The second kappa shape index (κ2) is 5.93. The molecule has 0 N–H and O–H groups in total. The van der Waals surface area contributed by atoms with E-state index in [1.54, 1.807) is 0 Å². The van der Waals surface area contributed by atoms with Gasteiger partial charge >= 0.3 is 0 Å². The summed E-state index contributed by atoms with van der Waals surface area (Å²) in [5.74, 6) is 0.222. The molecular formula is C9H11ClO. The molecular weight excluding hydrogens is 160 g/mol. The molecule has 0 unspecified atom stereocenters. The standard InChI is InChI=1S/C8H10.CHClO/c1-7-4-3-5-8(2)6-7;2-1-3/h3-6H,1-2H3;1H. The third kappa shape index (κ3) is 5.62. The van der Waals surface area contributed by atoms with Gasteiger partial charge in [-0.05, 0) is 25.4 Å². The van der Waals surface area contributed by atoms with Crippen molar-refractivity contribution in [2.24, 2.45) is 0 Å².